The highest BCUT2D eigenvalue weighted by Gasteiger charge is 2.13. The van der Waals surface area contributed by atoms with Crippen molar-refractivity contribution < 1.29 is 0 Å². The van der Waals surface area contributed by atoms with Crippen LogP contribution in [0.1, 0.15) is 26.0 Å². The maximum Gasteiger partial charge on any atom is 0.260 e. The van der Waals surface area contributed by atoms with Crippen molar-refractivity contribution in [1.29, 1.82) is 0 Å². The second-order valence-electron chi connectivity index (χ2n) is 4.82. The maximum atomic E-state index is 12.2. The third kappa shape index (κ3) is 2.69. The summed E-state index contributed by atoms with van der Waals surface area (Å²) in [6, 6.07) is 4.03. The average Bonchev–Trinajstić information content (AvgIpc) is 2.94. The van der Waals surface area contributed by atoms with E-state index in [2.05, 4.69) is 9.97 Å². The average molecular weight is 337 g/mol. The summed E-state index contributed by atoms with van der Waals surface area (Å²) < 4.78 is 0. The molecule has 0 amide bonds. The number of aromatic nitrogens is 2. The van der Waals surface area contributed by atoms with Crippen molar-refractivity contribution in [3.8, 4) is 0 Å². The lowest BCUT2D eigenvalue weighted by atomic mass is 10.2. The van der Waals surface area contributed by atoms with Crippen LogP contribution in [0.25, 0.3) is 21.3 Å². The Bertz CT molecular complexity index is 918. The molecule has 3 rings (SSSR count). The number of aromatic amines is 1. The number of fused-ring (bicyclic) bond motifs is 1. The summed E-state index contributed by atoms with van der Waals surface area (Å²) in [6.45, 7) is 5.97. The highest BCUT2D eigenvalue weighted by atomic mass is 35.5. The van der Waals surface area contributed by atoms with E-state index in [-0.39, 0.29) is 5.56 Å². The molecule has 0 saturated heterocycles. The van der Waals surface area contributed by atoms with Crippen LogP contribution in [0.5, 0.6) is 0 Å². The molecule has 0 aliphatic rings. The number of rotatable bonds is 2. The molecule has 6 heteroatoms. The van der Waals surface area contributed by atoms with E-state index in [1.54, 1.807) is 11.3 Å². The van der Waals surface area contributed by atoms with E-state index < -0.39 is 0 Å². The number of hydrogen-bond donors (Lipinski definition) is 1. The summed E-state index contributed by atoms with van der Waals surface area (Å²) in [5, 5.41) is 1.11. The number of hydrogen-bond acceptors (Lipinski definition) is 4. The summed E-state index contributed by atoms with van der Waals surface area (Å²) >= 11 is 9.48. The molecule has 108 valence electrons. The fourth-order valence-electron chi connectivity index (χ4n) is 2.09. The molecule has 3 aromatic rings. The zero-order chi connectivity index (χ0) is 15.1. The third-order valence-electron chi connectivity index (χ3n) is 3.30. The summed E-state index contributed by atoms with van der Waals surface area (Å²) in [4.78, 5) is 23.6. The Morgan fingerprint density at radius 2 is 2.05 bits per heavy atom. The summed E-state index contributed by atoms with van der Waals surface area (Å²) in [5.41, 5.74) is 0.857. The lowest BCUT2D eigenvalue weighted by molar-refractivity contribution is 1.14. The van der Waals surface area contributed by atoms with Crippen molar-refractivity contribution in [1.82, 2.24) is 9.97 Å². The van der Waals surface area contributed by atoms with Crippen molar-refractivity contribution >= 4 is 55.6 Å². The fourth-order valence-corrected chi connectivity index (χ4v) is 4.21. The van der Waals surface area contributed by atoms with Crippen molar-refractivity contribution in [3.63, 3.8) is 0 Å². The normalized spacial score (nSPS) is 12.3. The van der Waals surface area contributed by atoms with E-state index in [4.69, 9.17) is 11.6 Å². The van der Waals surface area contributed by atoms with E-state index in [1.807, 2.05) is 39.0 Å². The van der Waals surface area contributed by atoms with Crippen LogP contribution in [-0.2, 0) is 0 Å². The predicted octanol–water partition coefficient (Wildman–Crippen LogP) is 4.71. The number of nitrogens with one attached hydrogen (secondary N) is 1. The predicted molar refractivity (Wildman–Crippen MR) is 92.5 cm³/mol. The first-order chi connectivity index (χ1) is 9.95. The quantitative estimate of drug-likeness (QED) is 0.736. The zero-order valence-corrected chi connectivity index (χ0v) is 14.2. The van der Waals surface area contributed by atoms with Gasteiger partial charge >= 0.3 is 0 Å². The molecule has 0 aliphatic heterocycles. The minimum absolute atomic E-state index is 0.134. The third-order valence-corrected chi connectivity index (χ3v) is 5.63. The van der Waals surface area contributed by atoms with Crippen LogP contribution < -0.4 is 5.56 Å². The number of halogens is 1. The Balaban J connectivity index is 2.13. The van der Waals surface area contributed by atoms with Gasteiger partial charge in [-0.05, 0) is 44.5 Å². The van der Waals surface area contributed by atoms with E-state index >= 15 is 0 Å². The van der Waals surface area contributed by atoms with Gasteiger partial charge in [-0.3, -0.25) is 4.79 Å². The van der Waals surface area contributed by atoms with E-state index in [0.29, 0.717) is 16.2 Å². The summed E-state index contributed by atoms with van der Waals surface area (Å²) in [5.74, 6) is 0.418. The molecule has 0 aromatic carbocycles. The molecule has 0 saturated carbocycles. The van der Waals surface area contributed by atoms with Gasteiger partial charge < -0.3 is 4.98 Å². The van der Waals surface area contributed by atoms with Crippen molar-refractivity contribution in [2.45, 2.75) is 20.8 Å². The van der Waals surface area contributed by atoms with Crippen molar-refractivity contribution in [2.24, 2.45) is 0 Å². The molecule has 3 heterocycles. The van der Waals surface area contributed by atoms with Gasteiger partial charge in [-0.1, -0.05) is 11.6 Å². The number of aryl methyl sites for hydroxylation is 3. The van der Waals surface area contributed by atoms with Gasteiger partial charge in [-0.2, -0.15) is 0 Å². The summed E-state index contributed by atoms with van der Waals surface area (Å²) in [7, 11) is 0. The molecular formula is C15H13ClN2OS2. The molecule has 1 N–H and O–H groups in total. The lowest BCUT2D eigenvalue weighted by Gasteiger charge is -1.99. The highest BCUT2D eigenvalue weighted by molar-refractivity contribution is 7.18. The highest BCUT2D eigenvalue weighted by Crippen LogP contribution is 2.28. The Hall–Kier alpha value is -1.43. The Morgan fingerprint density at radius 1 is 1.29 bits per heavy atom. The van der Waals surface area contributed by atoms with Gasteiger partial charge in [0.05, 0.1) is 10.4 Å². The van der Waals surface area contributed by atoms with Gasteiger partial charge in [0.1, 0.15) is 4.83 Å². The lowest BCUT2D eigenvalue weighted by Crippen LogP contribution is -2.10. The molecule has 0 bridgehead atoms. The van der Waals surface area contributed by atoms with Gasteiger partial charge in [0.2, 0.25) is 0 Å². The van der Waals surface area contributed by atoms with Gasteiger partial charge in [-0.25, -0.2) is 4.98 Å². The SMILES string of the molecule is Cc1ccc(/C=C(\Cl)c2nc3sc(C)c(C)c3c(=O)[nH]2)s1. The molecule has 0 fully saturated rings. The van der Waals surface area contributed by atoms with Crippen LogP contribution in [0.2, 0.25) is 0 Å². The molecule has 0 radical (unpaired) electrons. The van der Waals surface area contributed by atoms with Gasteiger partial charge in [0, 0.05) is 14.6 Å². The van der Waals surface area contributed by atoms with Crippen LogP contribution in [0.3, 0.4) is 0 Å². The van der Waals surface area contributed by atoms with Crippen LogP contribution in [0, 0.1) is 20.8 Å². The van der Waals surface area contributed by atoms with E-state index in [1.165, 1.54) is 16.2 Å². The van der Waals surface area contributed by atoms with E-state index in [9.17, 15) is 4.79 Å². The summed E-state index contributed by atoms with van der Waals surface area (Å²) in [6.07, 6.45) is 1.83. The second-order valence-corrected chi connectivity index (χ2v) is 7.75. The molecule has 21 heavy (non-hydrogen) atoms. The first-order valence-corrected chi connectivity index (χ1v) is 8.41. The number of thiophene rings is 2. The molecule has 0 aliphatic carbocycles. The Labute approximate surface area is 134 Å². The topological polar surface area (TPSA) is 45.8 Å². The Morgan fingerprint density at radius 3 is 2.71 bits per heavy atom. The second kappa shape index (κ2) is 5.40. The fraction of sp³-hybridized carbons (Fsp3) is 0.200. The molecule has 3 nitrogen and oxygen atoms in total. The zero-order valence-electron chi connectivity index (χ0n) is 11.8. The molecule has 0 atom stereocenters. The van der Waals surface area contributed by atoms with Gasteiger partial charge in [0.25, 0.3) is 5.56 Å². The Kier molecular flexibility index (Phi) is 3.73. The first-order valence-electron chi connectivity index (χ1n) is 6.39. The monoisotopic (exact) mass is 336 g/mol. The minimum Gasteiger partial charge on any atom is -0.305 e. The van der Waals surface area contributed by atoms with Crippen molar-refractivity contribution in [2.75, 3.05) is 0 Å². The molecule has 3 aromatic heterocycles. The smallest absolute Gasteiger partial charge is 0.260 e. The standard InChI is InChI=1S/C15H13ClN2OS2/c1-7-4-5-10(20-7)6-11(16)13-17-14(19)12-8(2)9(3)21-15(12)18-13/h4-6H,1-3H3,(H,17,18,19)/b11-6-. The maximum absolute atomic E-state index is 12.2. The van der Waals surface area contributed by atoms with E-state index in [0.717, 1.165) is 20.1 Å². The number of nitrogens with zero attached hydrogens (tertiary/aromatic N) is 1. The molecule has 0 spiro atoms. The van der Waals surface area contributed by atoms with Crippen molar-refractivity contribution in [3.05, 3.63) is 48.5 Å². The largest absolute Gasteiger partial charge is 0.305 e. The first kappa shape index (κ1) is 14.5. The molecule has 0 unspecified atom stereocenters. The van der Waals surface area contributed by atoms with Crippen LogP contribution >= 0.6 is 34.3 Å². The van der Waals surface area contributed by atoms with Gasteiger partial charge in [0.15, 0.2) is 5.82 Å². The van der Waals surface area contributed by atoms with Gasteiger partial charge in [-0.15, -0.1) is 22.7 Å². The number of H-pyrrole nitrogens is 1. The minimum atomic E-state index is -0.134. The van der Waals surface area contributed by atoms with Crippen LogP contribution in [-0.4, -0.2) is 9.97 Å². The molecular weight excluding hydrogens is 324 g/mol. The van der Waals surface area contributed by atoms with Crippen LogP contribution in [0.4, 0.5) is 0 Å². The van der Waals surface area contributed by atoms with Crippen LogP contribution in [0.15, 0.2) is 16.9 Å².